The molecule has 1 heterocycles. The van der Waals surface area contributed by atoms with Gasteiger partial charge in [-0.2, -0.15) is 0 Å². The van der Waals surface area contributed by atoms with Gasteiger partial charge in [-0.15, -0.1) is 0 Å². The number of rotatable bonds is 9. The molecule has 1 saturated heterocycles. The van der Waals surface area contributed by atoms with Crippen molar-refractivity contribution in [3.05, 3.63) is 121 Å². The van der Waals surface area contributed by atoms with Crippen molar-refractivity contribution < 1.29 is 74.2 Å². The van der Waals surface area contributed by atoms with Gasteiger partial charge in [0.05, 0.1) is 36.0 Å². The molecule has 3 aliphatic carbocycles. The molecule has 0 amide bonds. The number of hydrogen-bond acceptors (Lipinski definition) is 16. The maximum absolute atomic E-state index is 15.7. The maximum atomic E-state index is 15.7. The van der Waals surface area contributed by atoms with E-state index in [0.717, 1.165) is 18.9 Å². The number of phenolic OH excluding ortho intramolecular Hbond substituents is 1. The quantitative estimate of drug-likeness (QED) is 0.0335. The summed E-state index contributed by atoms with van der Waals surface area (Å²) >= 11 is 0. The monoisotopic (exact) mass is 959 g/mol. The molecule has 1 saturated carbocycles. The molecule has 0 radical (unpaired) electrons. The van der Waals surface area contributed by atoms with Crippen molar-refractivity contribution in [2.45, 2.75) is 133 Å². The van der Waals surface area contributed by atoms with Crippen molar-refractivity contribution in [1.29, 1.82) is 0 Å². The Morgan fingerprint density at radius 1 is 0.943 bits per heavy atom. The van der Waals surface area contributed by atoms with Gasteiger partial charge < -0.3 is 60.8 Å². The van der Waals surface area contributed by atoms with Gasteiger partial charge in [0.25, 0.3) is 0 Å². The third-order valence-electron chi connectivity index (χ3n) is 14.1. The van der Waals surface area contributed by atoms with Gasteiger partial charge in [0.15, 0.2) is 24.0 Å². The summed E-state index contributed by atoms with van der Waals surface area (Å²) in [5, 5.41) is 90.5. The van der Waals surface area contributed by atoms with Gasteiger partial charge in [-0.25, -0.2) is 0 Å². The second kappa shape index (κ2) is 20.0. The van der Waals surface area contributed by atoms with Crippen LogP contribution < -0.4 is 15.2 Å². The molecule has 4 bridgehead atoms. The number of benzene rings is 4. The number of ketones is 2. The van der Waals surface area contributed by atoms with E-state index >= 15 is 9.59 Å². The standard InChI is InChI=1S/C54H57NO15/c1-4-29-18-19-53(65,24-29)40-13-6-10-32(39(40)26-57)22-38-46(60)45-44-37(49(38)70-52-51(64)54(66,67)50(63)27(2)68-52)12-7-11-34(55)15-16-35(59)21-31-9-5-8-30(20-31)14-17-36-41(69-28(3)58)23-33(25-56)42(47(45)61)43(36)48(44)62/h5-6,8-10,13-14,17,20,23,26-27,29,34-35,50-52,56,59-60,63-67H,4,12,15-16,18-19,21-22,24-25,55H2,1-3H3/b17-14+/t27-,29+,34-,35-,50+,51-,52+,53-/m0/s1. The lowest BCUT2D eigenvalue weighted by Gasteiger charge is -2.44. The highest BCUT2D eigenvalue weighted by atomic mass is 16.7. The van der Waals surface area contributed by atoms with Crippen LogP contribution in [0.2, 0.25) is 0 Å². The molecule has 2 fully saturated rings. The van der Waals surface area contributed by atoms with E-state index < -0.39 is 108 Å². The summed E-state index contributed by atoms with van der Waals surface area (Å²) in [6.07, 6.45) is -2.90. The Morgan fingerprint density at radius 2 is 1.69 bits per heavy atom. The van der Waals surface area contributed by atoms with Crippen LogP contribution in [0, 0.1) is 17.8 Å². The number of aliphatic hydroxyl groups excluding tert-OH is 4. The zero-order chi connectivity index (χ0) is 50.4. The molecular formula is C54H57NO15. The Morgan fingerprint density at radius 3 is 2.39 bits per heavy atom. The fraction of sp³-hybridized carbons (Fsp3) is 0.407. The fourth-order valence-electron chi connectivity index (χ4n) is 10.4. The van der Waals surface area contributed by atoms with Crippen molar-refractivity contribution in [3.63, 3.8) is 0 Å². The minimum atomic E-state index is -3.22. The minimum Gasteiger partial charge on any atom is -0.507 e. The summed E-state index contributed by atoms with van der Waals surface area (Å²) in [7, 11) is 0. The van der Waals surface area contributed by atoms with Gasteiger partial charge in [0.2, 0.25) is 12.1 Å². The van der Waals surface area contributed by atoms with Gasteiger partial charge in [0.1, 0.15) is 23.4 Å². The number of esters is 1. The SMILES string of the molecule is CC[C@@H]1CC[C@@](O)(c2cccc(Cc3c(O)c4c5c(c3O[C@H]3O[C@@H](C)[C@@H](O)C(O)(O)[C@H]3O)CC#C[C@H](N)CC[C@H](O)Cc3cccc(c3)/C=C/c3c(OC(C)=O)cc(CO)c(c3C5=O)C4=O)c2C=O)C1. The highest BCUT2D eigenvalue weighted by molar-refractivity contribution is 6.32. The Bertz CT molecular complexity index is 2860. The molecule has 8 atom stereocenters. The second-order valence-corrected chi connectivity index (χ2v) is 18.8. The first kappa shape index (κ1) is 50.3. The number of carbonyl (C=O) groups excluding carboxylic acids is 4. The van der Waals surface area contributed by atoms with Crippen LogP contribution in [0.1, 0.15) is 146 Å². The van der Waals surface area contributed by atoms with Crippen LogP contribution in [0.5, 0.6) is 17.2 Å². The first-order chi connectivity index (χ1) is 33.3. The van der Waals surface area contributed by atoms with E-state index in [1.807, 2.05) is 19.1 Å². The molecule has 4 aromatic rings. The predicted octanol–water partition coefficient (Wildman–Crippen LogP) is 3.65. The van der Waals surface area contributed by atoms with Crippen LogP contribution in [-0.2, 0) is 41.0 Å². The Hall–Kier alpha value is -6.10. The summed E-state index contributed by atoms with van der Waals surface area (Å²) in [5.41, 5.74) is 4.88. The lowest BCUT2D eigenvalue weighted by molar-refractivity contribution is -0.371. The molecule has 70 heavy (non-hydrogen) atoms. The average Bonchev–Trinajstić information content (AvgIpc) is 3.73. The maximum Gasteiger partial charge on any atom is 0.308 e. The first-order valence-electron chi connectivity index (χ1n) is 23.4. The predicted molar refractivity (Wildman–Crippen MR) is 253 cm³/mol. The number of fused-ring (bicyclic) bond motifs is 2. The summed E-state index contributed by atoms with van der Waals surface area (Å²) in [5.74, 6) is -1.24. The fourth-order valence-corrected chi connectivity index (χ4v) is 10.4. The third kappa shape index (κ3) is 9.33. The number of hydrogen-bond donors (Lipinski definition) is 9. The molecule has 8 rings (SSSR count). The highest BCUT2D eigenvalue weighted by Crippen LogP contribution is 2.50. The summed E-state index contributed by atoms with van der Waals surface area (Å²) in [6, 6.07) is 12.4. The number of aromatic hydroxyl groups is 1. The Labute approximate surface area is 404 Å². The molecule has 4 aliphatic rings. The van der Waals surface area contributed by atoms with Gasteiger partial charge in [0, 0.05) is 58.7 Å². The van der Waals surface area contributed by atoms with E-state index in [9.17, 15) is 50.4 Å². The summed E-state index contributed by atoms with van der Waals surface area (Å²) in [4.78, 5) is 56.9. The van der Waals surface area contributed by atoms with E-state index in [1.165, 1.54) is 19.1 Å². The number of carbonyl (C=O) groups is 4. The summed E-state index contributed by atoms with van der Waals surface area (Å²) in [6.45, 7) is 3.61. The van der Waals surface area contributed by atoms with Crippen LogP contribution in [0.3, 0.4) is 0 Å². The van der Waals surface area contributed by atoms with E-state index in [1.54, 1.807) is 36.4 Å². The zero-order valence-corrected chi connectivity index (χ0v) is 39.0. The van der Waals surface area contributed by atoms with E-state index in [0.29, 0.717) is 36.7 Å². The lowest BCUT2D eigenvalue weighted by Crippen LogP contribution is -2.67. The van der Waals surface area contributed by atoms with Crippen molar-refractivity contribution >= 4 is 36.0 Å². The zero-order valence-electron chi connectivity index (χ0n) is 39.0. The van der Waals surface area contributed by atoms with Crippen molar-refractivity contribution in [1.82, 2.24) is 0 Å². The van der Waals surface area contributed by atoms with E-state index in [4.69, 9.17) is 19.9 Å². The second-order valence-electron chi connectivity index (χ2n) is 18.8. The van der Waals surface area contributed by atoms with Gasteiger partial charge in [-0.05, 0) is 91.3 Å². The highest BCUT2D eigenvalue weighted by Gasteiger charge is 2.55. The Balaban J connectivity index is 1.44. The minimum absolute atomic E-state index is 0.0511. The number of aliphatic hydroxyl groups is 7. The molecule has 16 heteroatoms. The van der Waals surface area contributed by atoms with Crippen molar-refractivity contribution in [2.75, 3.05) is 0 Å². The molecule has 10 N–H and O–H groups in total. The third-order valence-corrected chi connectivity index (χ3v) is 14.1. The number of phenols is 1. The molecule has 368 valence electrons. The molecule has 0 spiro atoms. The van der Waals surface area contributed by atoms with E-state index in [2.05, 4.69) is 11.8 Å². The molecule has 4 aromatic carbocycles. The van der Waals surface area contributed by atoms with Gasteiger partial charge >= 0.3 is 5.97 Å². The molecule has 0 aromatic heterocycles. The van der Waals surface area contributed by atoms with Crippen LogP contribution in [0.4, 0.5) is 0 Å². The first-order valence-corrected chi connectivity index (χ1v) is 23.4. The van der Waals surface area contributed by atoms with Crippen molar-refractivity contribution in [3.8, 4) is 29.1 Å². The smallest absolute Gasteiger partial charge is 0.308 e. The largest absolute Gasteiger partial charge is 0.507 e. The molecular weight excluding hydrogens is 903 g/mol. The van der Waals surface area contributed by atoms with E-state index in [-0.39, 0.29) is 75.4 Å². The normalized spacial score (nSPS) is 26.6. The van der Waals surface area contributed by atoms with Crippen LogP contribution >= 0.6 is 0 Å². The van der Waals surface area contributed by atoms with Crippen molar-refractivity contribution in [2.24, 2.45) is 11.7 Å². The van der Waals surface area contributed by atoms with Gasteiger partial charge in [-0.3, -0.25) is 19.2 Å². The molecule has 1 aliphatic heterocycles. The van der Waals surface area contributed by atoms with Crippen LogP contribution in [0.15, 0.2) is 48.5 Å². The topological polar surface area (TPSA) is 284 Å². The number of nitrogens with two attached hydrogens (primary N) is 1. The lowest BCUT2D eigenvalue weighted by atomic mass is 9.75. The molecule has 16 nitrogen and oxygen atoms in total. The number of ether oxygens (including phenoxy) is 3. The van der Waals surface area contributed by atoms with Crippen LogP contribution in [-0.4, -0.2) is 107 Å². The Kier molecular flexibility index (Phi) is 14.3. The van der Waals surface area contributed by atoms with Gasteiger partial charge in [-0.1, -0.05) is 73.7 Å². The molecule has 0 unspecified atom stereocenters. The van der Waals surface area contributed by atoms with Crippen LogP contribution in [0.25, 0.3) is 12.2 Å². The average molecular weight is 960 g/mol. The number of aldehydes is 1. The summed E-state index contributed by atoms with van der Waals surface area (Å²) < 4.78 is 17.8.